The number of pyridine rings is 1. The van der Waals surface area contributed by atoms with Crippen LogP contribution in [0.5, 0.6) is 0 Å². The number of halogens is 3. The topological polar surface area (TPSA) is 33.1 Å². The molecule has 726 valence electrons. The SMILES string of the molecule is CC(C)(C)c1cccc(Cl)c1.CC(C)(C)c1ccccc1CO.CC(C)(C)c1ccccc1Cl.CC(C)(C)c1ccccc1F.Cc1ccc(C(C)(C)C)cc1.Cc1ccc(C(C)(C)C)cc1.Cc1ccc(C(C)(C)C)cc1.Cc1ccc(C(C)(C)C)cn1.Cc1cccc(C(C)(C)C)c1.Cc1cccc(C(C)(C)C)c1.Cc1ccccc1C(C)(C)C.Cc1ccccc1C(C)(C)C. The zero-order valence-corrected chi connectivity index (χ0v) is 93.4. The Kier molecular flexibility index (Phi) is 49.6. The van der Waals surface area contributed by atoms with E-state index in [9.17, 15) is 4.39 Å². The molecule has 0 spiro atoms. The van der Waals surface area contributed by atoms with Crippen molar-refractivity contribution in [2.75, 3.05) is 0 Å². The maximum absolute atomic E-state index is 13.1. The second-order valence-corrected chi connectivity index (χ2v) is 48.8. The van der Waals surface area contributed by atoms with E-state index in [0.29, 0.717) is 0 Å². The summed E-state index contributed by atoms with van der Waals surface area (Å²) in [6, 6.07) is 95.9. The molecule has 133 heavy (non-hydrogen) atoms. The highest BCUT2D eigenvalue weighted by atomic mass is 35.5. The molecule has 2 nitrogen and oxygen atoms in total. The van der Waals surface area contributed by atoms with Gasteiger partial charge in [-0.25, -0.2) is 4.39 Å². The predicted octanol–water partition coefficient (Wildman–Crippen LogP) is 38.6. The van der Waals surface area contributed by atoms with Gasteiger partial charge in [0, 0.05) is 21.9 Å². The second kappa shape index (κ2) is 54.1. The first-order valence-corrected chi connectivity index (χ1v) is 48.7. The van der Waals surface area contributed by atoms with E-state index in [4.69, 9.17) is 28.3 Å². The summed E-state index contributed by atoms with van der Waals surface area (Å²) in [4.78, 5) is 4.25. The highest BCUT2D eigenvalue weighted by Crippen LogP contribution is 2.34. The van der Waals surface area contributed by atoms with Gasteiger partial charge < -0.3 is 5.11 Å². The molecule has 0 saturated carbocycles. The number of aryl methyl sites for hydroxylation is 8. The summed E-state index contributed by atoms with van der Waals surface area (Å²) in [7, 11) is 0. The van der Waals surface area contributed by atoms with Crippen molar-refractivity contribution in [1.82, 2.24) is 4.98 Å². The summed E-state index contributed by atoms with van der Waals surface area (Å²) < 4.78 is 13.1. The third kappa shape index (κ3) is 49.9. The van der Waals surface area contributed by atoms with Crippen LogP contribution in [0, 0.1) is 61.2 Å². The maximum atomic E-state index is 13.1. The van der Waals surface area contributed by atoms with Crippen molar-refractivity contribution in [3.8, 4) is 0 Å². The maximum Gasteiger partial charge on any atom is 0.126 e. The van der Waals surface area contributed by atoms with Crippen LogP contribution in [0.15, 0.2) is 285 Å². The third-order valence-electron chi connectivity index (χ3n) is 22.3. The number of nitrogens with zero attached hydrogens (tertiary/aromatic N) is 1. The van der Waals surface area contributed by atoms with Crippen LogP contribution in [0.3, 0.4) is 0 Å². The number of aliphatic hydroxyl groups excluding tert-OH is 1. The largest absolute Gasteiger partial charge is 0.392 e. The molecule has 12 rings (SSSR count). The molecule has 1 N–H and O–H groups in total. The fourth-order valence-corrected chi connectivity index (χ4v) is 14.2. The number of hydrogen-bond acceptors (Lipinski definition) is 2. The molecular weight excluding hydrogens is 1660 g/mol. The van der Waals surface area contributed by atoms with Crippen LogP contribution >= 0.6 is 23.2 Å². The smallest absolute Gasteiger partial charge is 0.126 e. The lowest BCUT2D eigenvalue weighted by Gasteiger charge is -2.21. The number of rotatable bonds is 1. The Labute approximate surface area is 826 Å². The Bertz CT molecular complexity index is 4690. The van der Waals surface area contributed by atoms with Crippen molar-refractivity contribution in [2.45, 2.75) is 376 Å². The summed E-state index contributed by atoms with van der Waals surface area (Å²) in [6.07, 6.45) is 1.95. The van der Waals surface area contributed by atoms with E-state index in [1.54, 1.807) is 6.07 Å². The molecule has 12 aromatic rings. The molecule has 0 aliphatic rings. The van der Waals surface area contributed by atoms with E-state index >= 15 is 0 Å². The first-order valence-electron chi connectivity index (χ1n) is 48.0. The Morgan fingerprint density at radius 2 is 0.489 bits per heavy atom. The molecular formula is C128H182Cl2FNO. The van der Waals surface area contributed by atoms with Crippen molar-refractivity contribution >= 4 is 23.2 Å². The highest BCUT2D eigenvalue weighted by Gasteiger charge is 2.23. The molecule has 1 heterocycles. The Balaban J connectivity index is 0.000000725. The number of aromatic nitrogens is 1. The van der Waals surface area contributed by atoms with Gasteiger partial charge in [-0.2, -0.15) is 0 Å². The minimum absolute atomic E-state index is 0.0919. The van der Waals surface area contributed by atoms with Crippen LogP contribution in [-0.2, 0) is 71.6 Å². The van der Waals surface area contributed by atoms with Crippen molar-refractivity contribution in [3.63, 3.8) is 0 Å². The van der Waals surface area contributed by atoms with Gasteiger partial charge in [-0.3, -0.25) is 4.98 Å². The molecule has 5 heteroatoms. The van der Waals surface area contributed by atoms with Crippen LogP contribution in [0.2, 0.25) is 10.0 Å². The molecule has 11 aromatic carbocycles. The molecule has 0 radical (unpaired) electrons. The molecule has 0 bridgehead atoms. The van der Waals surface area contributed by atoms with E-state index in [2.05, 4.69) is 482 Å². The summed E-state index contributed by atoms with van der Waals surface area (Å²) >= 11 is 11.9. The van der Waals surface area contributed by atoms with E-state index < -0.39 is 0 Å². The lowest BCUT2D eigenvalue weighted by atomic mass is 9.84. The van der Waals surface area contributed by atoms with Crippen molar-refractivity contribution in [1.29, 1.82) is 0 Å². The van der Waals surface area contributed by atoms with Gasteiger partial charge in [-0.1, -0.05) is 549 Å². The van der Waals surface area contributed by atoms with Gasteiger partial charge in [-0.15, -0.1) is 0 Å². The quantitative estimate of drug-likeness (QED) is 0.178. The molecule has 1 aromatic heterocycles. The molecule has 0 unspecified atom stereocenters. The Morgan fingerprint density at radius 3 is 0.707 bits per heavy atom. The minimum atomic E-state index is -0.111. The minimum Gasteiger partial charge on any atom is -0.392 e. The second-order valence-electron chi connectivity index (χ2n) is 47.9. The molecule has 0 aliphatic carbocycles. The Morgan fingerprint density at radius 1 is 0.226 bits per heavy atom. The van der Waals surface area contributed by atoms with Gasteiger partial charge in [0.1, 0.15) is 5.82 Å². The first kappa shape index (κ1) is 122. The standard InChI is InChI=1S/C11H16O.7C11H16.2C10H13Cl.C10H13F.C10H15N/c1-11(2,3)10-7-5-4-6-9(10)8-12;3*1-9-5-7-10(8-6-9)11(2,3)4;2*1-9-6-5-7-10(8-9)11(2,3)4;2*1-9-7-5-6-8-10(9)11(2,3)4;1-10(2,3)8-5-4-6-9(11)7-8;2*1-10(2,3)8-6-4-5-7-9(8)11;1-8-5-6-9(7-11-8)10(2,3)4/h4-7,12H,8H2,1-3H3;7*5-8H,1-4H3;3*4-7H,1-3H3;5-7H,1-4H3. The fourth-order valence-electron chi connectivity index (χ4n) is 13.6. The third-order valence-corrected chi connectivity index (χ3v) is 22.8. The van der Waals surface area contributed by atoms with Crippen molar-refractivity contribution in [3.05, 3.63) is 418 Å². The lowest BCUT2D eigenvalue weighted by molar-refractivity contribution is 0.278. The number of hydrogen-bond donors (Lipinski definition) is 1. The summed E-state index contributed by atoms with van der Waals surface area (Å²) in [5.74, 6) is -0.111. The predicted molar refractivity (Wildman–Crippen MR) is 593 cm³/mol. The first-order chi connectivity index (χ1) is 60.6. The van der Waals surface area contributed by atoms with Gasteiger partial charge in [-0.05, 0) is 234 Å². The van der Waals surface area contributed by atoms with Gasteiger partial charge in [0.15, 0.2) is 0 Å². The zero-order valence-electron chi connectivity index (χ0n) is 91.9. The van der Waals surface area contributed by atoms with Crippen LogP contribution in [0.4, 0.5) is 4.39 Å². The summed E-state index contributed by atoms with van der Waals surface area (Å²) in [6.45, 7) is 96.2. The van der Waals surface area contributed by atoms with Gasteiger partial charge >= 0.3 is 0 Å². The van der Waals surface area contributed by atoms with Gasteiger partial charge in [0.2, 0.25) is 0 Å². The van der Waals surface area contributed by atoms with Crippen LogP contribution < -0.4 is 0 Å². The normalized spacial score (nSPS) is 11.6. The average Bonchev–Trinajstić information content (AvgIpc) is 0.731. The molecule has 0 fully saturated rings. The van der Waals surface area contributed by atoms with Gasteiger partial charge in [0.05, 0.1) is 6.61 Å². The van der Waals surface area contributed by atoms with Gasteiger partial charge in [0.25, 0.3) is 0 Å². The fraction of sp³-hybridized carbons (Fsp3) is 0.445. The van der Waals surface area contributed by atoms with Crippen LogP contribution in [-0.4, -0.2) is 10.1 Å². The van der Waals surface area contributed by atoms with Crippen molar-refractivity contribution < 1.29 is 9.50 Å². The van der Waals surface area contributed by atoms with Crippen molar-refractivity contribution in [2.24, 2.45) is 0 Å². The molecule has 0 atom stereocenters. The Hall–Kier alpha value is -8.96. The molecule has 0 amide bonds. The average molecular weight is 1840 g/mol. The molecule has 0 aliphatic heterocycles. The van der Waals surface area contributed by atoms with Crippen LogP contribution in [0.25, 0.3) is 0 Å². The number of aliphatic hydroxyl groups is 1. The van der Waals surface area contributed by atoms with E-state index in [-0.39, 0.29) is 77.4 Å². The van der Waals surface area contributed by atoms with Crippen LogP contribution in [0.1, 0.15) is 366 Å². The zero-order chi connectivity index (χ0) is 103. The lowest BCUT2D eigenvalue weighted by Crippen LogP contribution is -2.13. The highest BCUT2D eigenvalue weighted by molar-refractivity contribution is 6.31. The monoisotopic (exact) mass is 1840 g/mol. The summed E-state index contributed by atoms with van der Waals surface area (Å²) in [5.41, 5.74) is 29.9. The number of benzene rings is 11. The summed E-state index contributed by atoms with van der Waals surface area (Å²) in [5, 5.41) is 10.8. The van der Waals surface area contributed by atoms with E-state index in [1.807, 2.05) is 101 Å². The molecule has 0 saturated heterocycles. The van der Waals surface area contributed by atoms with E-state index in [0.717, 1.165) is 26.9 Å². The van der Waals surface area contributed by atoms with E-state index in [1.165, 1.54) is 106 Å².